The minimum atomic E-state index is -1.09. The lowest BCUT2D eigenvalue weighted by Crippen LogP contribution is -2.70. The normalized spacial score (nSPS) is 63.7. The van der Waals surface area contributed by atoms with Crippen molar-refractivity contribution in [2.24, 2.45) is 28.6 Å². The first-order valence-electron chi connectivity index (χ1n) is 9.41. The predicted octanol–water partition coefficient (Wildman–Crippen LogP) is 2.06. The number of epoxide rings is 1. The Morgan fingerprint density at radius 2 is 1.91 bits per heavy atom. The lowest BCUT2D eigenvalue weighted by atomic mass is 9.43. The second-order valence-corrected chi connectivity index (χ2v) is 9.42. The van der Waals surface area contributed by atoms with E-state index in [9.17, 15) is 15.0 Å². The molecule has 1 heterocycles. The summed E-state index contributed by atoms with van der Waals surface area (Å²) in [6.07, 6.45) is 5.47. The standard InChI is InChI=1S/C19H28O4/c1-17-7-5-12-10(11(17)3-4-14(17)20)9-15(21)19(22)16-13(23-16)6-8-18(12,19)2/h10-13,15-16,21-22H,3-9H2,1-2H3/t10?,11?,12?,13-,15-,16-,17+,18-,19-/m1/s1. The molecule has 0 bridgehead atoms. The highest BCUT2D eigenvalue weighted by atomic mass is 16.6. The van der Waals surface area contributed by atoms with Gasteiger partial charge >= 0.3 is 0 Å². The highest BCUT2D eigenvalue weighted by Crippen LogP contribution is 2.68. The van der Waals surface area contributed by atoms with Crippen molar-refractivity contribution in [2.45, 2.75) is 82.7 Å². The maximum Gasteiger partial charge on any atom is 0.139 e. The van der Waals surface area contributed by atoms with E-state index in [0.29, 0.717) is 36.4 Å². The number of hydrogen-bond donors (Lipinski definition) is 2. The molecular weight excluding hydrogens is 292 g/mol. The topological polar surface area (TPSA) is 70.1 Å². The monoisotopic (exact) mass is 320 g/mol. The molecule has 1 saturated heterocycles. The second kappa shape index (κ2) is 4.20. The molecular formula is C19H28O4. The van der Waals surface area contributed by atoms with E-state index in [1.165, 1.54) is 0 Å². The molecule has 5 aliphatic rings. The summed E-state index contributed by atoms with van der Waals surface area (Å²) in [7, 11) is 0. The van der Waals surface area contributed by atoms with Gasteiger partial charge in [-0.1, -0.05) is 13.8 Å². The summed E-state index contributed by atoms with van der Waals surface area (Å²) < 4.78 is 5.73. The summed E-state index contributed by atoms with van der Waals surface area (Å²) in [4.78, 5) is 12.4. The van der Waals surface area contributed by atoms with Gasteiger partial charge in [0.1, 0.15) is 17.5 Å². The Labute approximate surface area is 137 Å². The van der Waals surface area contributed by atoms with E-state index in [1.807, 2.05) is 0 Å². The van der Waals surface area contributed by atoms with Crippen LogP contribution in [0.3, 0.4) is 0 Å². The third-order valence-corrected chi connectivity index (χ3v) is 8.85. The Morgan fingerprint density at radius 1 is 1.13 bits per heavy atom. The lowest BCUT2D eigenvalue weighted by molar-refractivity contribution is -0.249. The minimum Gasteiger partial charge on any atom is -0.390 e. The van der Waals surface area contributed by atoms with Crippen LogP contribution < -0.4 is 0 Å². The van der Waals surface area contributed by atoms with Crippen LogP contribution >= 0.6 is 0 Å². The van der Waals surface area contributed by atoms with Crippen LogP contribution in [0.2, 0.25) is 0 Å². The number of fused-ring (bicyclic) bond motifs is 7. The van der Waals surface area contributed by atoms with Crippen molar-refractivity contribution in [3.05, 3.63) is 0 Å². The summed E-state index contributed by atoms with van der Waals surface area (Å²) in [5, 5.41) is 22.4. The van der Waals surface area contributed by atoms with Crippen LogP contribution in [-0.4, -0.2) is 39.9 Å². The zero-order chi connectivity index (χ0) is 16.2. The number of ketones is 1. The first kappa shape index (κ1) is 14.9. The molecule has 0 spiro atoms. The van der Waals surface area contributed by atoms with Crippen LogP contribution in [0.4, 0.5) is 0 Å². The number of Topliss-reactive ketones (excluding diaryl/α,β-unsaturated/α-hetero) is 1. The molecule has 0 aromatic carbocycles. The number of ether oxygens (including phenoxy) is 1. The average molecular weight is 320 g/mol. The quantitative estimate of drug-likeness (QED) is 0.670. The predicted molar refractivity (Wildman–Crippen MR) is 83.6 cm³/mol. The molecule has 4 nitrogen and oxygen atoms in total. The summed E-state index contributed by atoms with van der Waals surface area (Å²) in [6.45, 7) is 4.34. The highest BCUT2D eigenvalue weighted by Gasteiger charge is 2.74. The zero-order valence-electron chi connectivity index (χ0n) is 14.1. The molecule has 5 rings (SSSR count). The minimum absolute atomic E-state index is 0.154. The Balaban J connectivity index is 1.56. The van der Waals surface area contributed by atoms with Crippen LogP contribution in [0.25, 0.3) is 0 Å². The maximum atomic E-state index is 12.4. The van der Waals surface area contributed by atoms with Crippen molar-refractivity contribution >= 4 is 5.78 Å². The van der Waals surface area contributed by atoms with Gasteiger partial charge < -0.3 is 14.9 Å². The fraction of sp³-hybridized carbons (Fsp3) is 0.947. The van der Waals surface area contributed by atoms with Crippen molar-refractivity contribution in [1.82, 2.24) is 0 Å². The van der Waals surface area contributed by atoms with Gasteiger partial charge in [-0.3, -0.25) is 4.79 Å². The van der Waals surface area contributed by atoms with E-state index in [4.69, 9.17) is 4.74 Å². The van der Waals surface area contributed by atoms with Gasteiger partial charge in [0.2, 0.25) is 0 Å². The van der Waals surface area contributed by atoms with Gasteiger partial charge in [0.15, 0.2) is 0 Å². The van der Waals surface area contributed by atoms with Crippen LogP contribution in [-0.2, 0) is 9.53 Å². The molecule has 3 unspecified atom stereocenters. The van der Waals surface area contributed by atoms with Crippen molar-refractivity contribution < 1.29 is 19.7 Å². The zero-order valence-corrected chi connectivity index (χ0v) is 14.1. The summed E-state index contributed by atoms with van der Waals surface area (Å²) in [5.41, 5.74) is -1.55. The molecule has 4 aliphatic carbocycles. The Hall–Kier alpha value is -0.450. The fourth-order valence-electron chi connectivity index (χ4n) is 7.39. The molecule has 128 valence electrons. The fourth-order valence-corrected chi connectivity index (χ4v) is 7.39. The van der Waals surface area contributed by atoms with Gasteiger partial charge in [-0.2, -0.15) is 0 Å². The summed E-state index contributed by atoms with van der Waals surface area (Å²) in [6, 6.07) is 0. The van der Waals surface area contributed by atoms with Gasteiger partial charge in [0.05, 0.1) is 12.2 Å². The molecule has 1 aliphatic heterocycles. The van der Waals surface area contributed by atoms with Gasteiger partial charge in [0, 0.05) is 17.3 Å². The molecule has 0 aromatic heterocycles. The van der Waals surface area contributed by atoms with Gasteiger partial charge in [-0.15, -0.1) is 0 Å². The number of hydrogen-bond acceptors (Lipinski definition) is 4. The molecule has 0 amide bonds. The van der Waals surface area contributed by atoms with Crippen LogP contribution in [0.15, 0.2) is 0 Å². The van der Waals surface area contributed by atoms with E-state index in [1.54, 1.807) is 0 Å². The van der Waals surface area contributed by atoms with Crippen molar-refractivity contribution in [1.29, 1.82) is 0 Å². The molecule has 0 radical (unpaired) electrons. The largest absolute Gasteiger partial charge is 0.390 e. The van der Waals surface area contributed by atoms with Crippen molar-refractivity contribution in [2.75, 3.05) is 0 Å². The van der Waals surface area contributed by atoms with Crippen LogP contribution in [0, 0.1) is 28.6 Å². The molecule has 4 saturated carbocycles. The van der Waals surface area contributed by atoms with Gasteiger partial charge in [-0.25, -0.2) is 0 Å². The van der Waals surface area contributed by atoms with Gasteiger partial charge in [0.25, 0.3) is 0 Å². The number of rotatable bonds is 0. The molecule has 9 atom stereocenters. The molecule has 23 heavy (non-hydrogen) atoms. The van der Waals surface area contributed by atoms with E-state index >= 15 is 0 Å². The third kappa shape index (κ3) is 1.52. The number of aliphatic hydroxyl groups is 2. The first-order valence-corrected chi connectivity index (χ1v) is 9.41. The lowest BCUT2D eigenvalue weighted by Gasteiger charge is -2.63. The van der Waals surface area contributed by atoms with Crippen molar-refractivity contribution in [3.8, 4) is 0 Å². The Morgan fingerprint density at radius 3 is 2.70 bits per heavy atom. The molecule has 4 heteroatoms. The maximum absolute atomic E-state index is 12.4. The smallest absolute Gasteiger partial charge is 0.139 e. The van der Waals surface area contributed by atoms with Gasteiger partial charge in [-0.05, 0) is 56.3 Å². The van der Waals surface area contributed by atoms with E-state index < -0.39 is 11.7 Å². The number of carbonyl (C=O) groups excluding carboxylic acids is 1. The average Bonchev–Trinajstić information content (AvgIpc) is 3.24. The summed E-state index contributed by atoms with van der Waals surface area (Å²) >= 11 is 0. The molecule has 2 N–H and O–H groups in total. The second-order valence-electron chi connectivity index (χ2n) is 9.42. The van der Waals surface area contributed by atoms with E-state index in [0.717, 1.165) is 32.1 Å². The third-order valence-electron chi connectivity index (χ3n) is 8.85. The highest BCUT2D eigenvalue weighted by molar-refractivity contribution is 5.87. The Kier molecular flexibility index (Phi) is 2.71. The molecule has 0 aromatic rings. The van der Waals surface area contributed by atoms with Crippen molar-refractivity contribution in [3.63, 3.8) is 0 Å². The molecule has 5 fully saturated rings. The van der Waals surface area contributed by atoms with Crippen LogP contribution in [0.5, 0.6) is 0 Å². The number of aliphatic hydroxyl groups excluding tert-OH is 1. The SMILES string of the molecule is C[C@]12CCC3C(C[C@@H](O)[C@@]4(O)[C@@H]5O[C@@H]5CC[C@]34C)C1CCC2=O. The number of carbonyl (C=O) groups is 1. The van der Waals surface area contributed by atoms with Crippen LogP contribution in [0.1, 0.15) is 58.8 Å². The summed E-state index contributed by atoms with van der Waals surface area (Å²) in [5.74, 6) is 1.60. The van der Waals surface area contributed by atoms with E-state index in [2.05, 4.69) is 13.8 Å². The van der Waals surface area contributed by atoms with E-state index in [-0.39, 0.29) is 23.0 Å². The Bertz CT molecular complexity index is 576. The first-order chi connectivity index (χ1) is 10.8.